The molecule has 7 heteroatoms. The molecule has 2 rings (SSSR count). The second kappa shape index (κ2) is 11.1. The minimum absolute atomic E-state index is 0. The molecule has 27 heavy (non-hydrogen) atoms. The van der Waals surface area contributed by atoms with E-state index in [4.69, 9.17) is 4.74 Å². The maximum absolute atomic E-state index is 13.5. The van der Waals surface area contributed by atoms with Crippen molar-refractivity contribution in [1.82, 2.24) is 10.6 Å². The molecule has 0 radical (unpaired) electrons. The number of aliphatic imine (C=N–C) groups is 1. The van der Waals surface area contributed by atoms with Gasteiger partial charge in [0.05, 0.1) is 19.8 Å². The lowest BCUT2D eigenvalue weighted by molar-refractivity contribution is 0.275. The van der Waals surface area contributed by atoms with Crippen molar-refractivity contribution in [2.75, 3.05) is 14.2 Å². The molecule has 0 heterocycles. The van der Waals surface area contributed by atoms with Crippen molar-refractivity contribution in [2.45, 2.75) is 33.0 Å². The average molecular weight is 487 g/mol. The molecule has 1 atom stereocenters. The molecule has 2 aromatic rings. The zero-order valence-electron chi connectivity index (χ0n) is 16.0. The van der Waals surface area contributed by atoms with Gasteiger partial charge in [0.2, 0.25) is 0 Å². The van der Waals surface area contributed by atoms with Crippen molar-refractivity contribution < 1.29 is 14.2 Å². The Hall–Kier alpha value is -1.87. The third-order valence-electron chi connectivity index (χ3n) is 4.17. The van der Waals surface area contributed by atoms with E-state index in [1.165, 1.54) is 6.07 Å². The van der Waals surface area contributed by atoms with Crippen LogP contribution in [0.5, 0.6) is 5.75 Å². The van der Waals surface area contributed by atoms with Gasteiger partial charge < -0.3 is 20.5 Å². The van der Waals surface area contributed by atoms with E-state index >= 15 is 0 Å². The highest BCUT2D eigenvalue weighted by molar-refractivity contribution is 14.0. The van der Waals surface area contributed by atoms with Crippen LogP contribution < -0.4 is 15.4 Å². The number of nitrogens with zero attached hydrogens (tertiary/aromatic N) is 1. The SMILES string of the molecule is CN=C(NCc1ccc(F)c(CO)c1)NC(C)c1cc(C)ccc1OC.I. The molecule has 5 nitrogen and oxygen atoms in total. The minimum atomic E-state index is -0.404. The predicted octanol–water partition coefficient (Wildman–Crippen LogP) is 3.68. The Labute approximate surface area is 177 Å². The quantitative estimate of drug-likeness (QED) is 0.331. The van der Waals surface area contributed by atoms with E-state index in [-0.39, 0.29) is 42.2 Å². The smallest absolute Gasteiger partial charge is 0.191 e. The molecule has 0 amide bonds. The van der Waals surface area contributed by atoms with E-state index in [0.717, 1.165) is 22.4 Å². The van der Waals surface area contributed by atoms with Crippen molar-refractivity contribution in [3.05, 3.63) is 64.5 Å². The molecule has 0 spiro atoms. The van der Waals surface area contributed by atoms with Gasteiger partial charge in [-0.2, -0.15) is 0 Å². The molecule has 0 saturated heterocycles. The fourth-order valence-corrected chi connectivity index (χ4v) is 2.71. The Bertz CT molecular complexity index is 784. The second-order valence-electron chi connectivity index (χ2n) is 6.12. The molecule has 148 valence electrons. The van der Waals surface area contributed by atoms with Crippen LogP contribution in [0.15, 0.2) is 41.4 Å². The summed E-state index contributed by atoms with van der Waals surface area (Å²) in [4.78, 5) is 4.24. The van der Waals surface area contributed by atoms with Gasteiger partial charge in [0.15, 0.2) is 5.96 Å². The Morgan fingerprint density at radius 1 is 1.26 bits per heavy atom. The molecule has 3 N–H and O–H groups in total. The zero-order valence-corrected chi connectivity index (χ0v) is 18.4. The highest BCUT2D eigenvalue weighted by Gasteiger charge is 2.13. The fraction of sp³-hybridized carbons (Fsp3) is 0.350. The van der Waals surface area contributed by atoms with Crippen molar-refractivity contribution >= 4 is 29.9 Å². The molecule has 1 unspecified atom stereocenters. The molecule has 0 saturated carbocycles. The summed E-state index contributed by atoms with van der Waals surface area (Å²) in [5, 5.41) is 15.7. The number of methoxy groups -OCH3 is 1. The maximum atomic E-state index is 13.5. The monoisotopic (exact) mass is 487 g/mol. The van der Waals surface area contributed by atoms with Crippen LogP contribution in [-0.4, -0.2) is 25.2 Å². The van der Waals surface area contributed by atoms with Crippen LogP contribution in [0, 0.1) is 12.7 Å². The molecule has 2 aromatic carbocycles. The summed E-state index contributed by atoms with van der Waals surface area (Å²) in [5.74, 6) is 1.03. The summed E-state index contributed by atoms with van der Waals surface area (Å²) in [7, 11) is 3.35. The van der Waals surface area contributed by atoms with Crippen LogP contribution in [0.1, 0.15) is 35.2 Å². The van der Waals surface area contributed by atoms with Gasteiger partial charge in [-0.1, -0.05) is 23.8 Å². The molecule has 0 aliphatic rings. The normalized spacial score (nSPS) is 12.1. The lowest BCUT2D eigenvalue weighted by atomic mass is 10.0. The van der Waals surface area contributed by atoms with Gasteiger partial charge in [-0.05, 0) is 37.6 Å². The molecular weight excluding hydrogens is 460 g/mol. The van der Waals surface area contributed by atoms with Gasteiger partial charge >= 0.3 is 0 Å². The Morgan fingerprint density at radius 3 is 2.63 bits per heavy atom. The highest BCUT2D eigenvalue weighted by Crippen LogP contribution is 2.25. The molecular formula is C20H27FIN3O2. The molecule has 0 aliphatic carbocycles. The van der Waals surface area contributed by atoms with E-state index in [0.29, 0.717) is 12.5 Å². The first-order valence-corrected chi connectivity index (χ1v) is 8.48. The minimum Gasteiger partial charge on any atom is -0.496 e. The topological polar surface area (TPSA) is 65.9 Å². The number of hydrogen-bond acceptors (Lipinski definition) is 3. The highest BCUT2D eigenvalue weighted by atomic mass is 127. The first-order valence-electron chi connectivity index (χ1n) is 8.48. The standard InChI is InChI=1S/C20H26FN3O2.HI/c1-13-5-8-19(26-4)17(9-13)14(2)24-20(22-3)23-11-15-6-7-18(21)16(10-15)12-25;/h5-10,14,25H,11-12H2,1-4H3,(H2,22,23,24);1H. The average Bonchev–Trinajstić information content (AvgIpc) is 2.65. The van der Waals surface area contributed by atoms with Crippen LogP contribution in [-0.2, 0) is 13.2 Å². The van der Waals surface area contributed by atoms with Gasteiger partial charge in [-0.25, -0.2) is 4.39 Å². The first kappa shape index (κ1) is 23.2. The van der Waals surface area contributed by atoms with E-state index in [1.54, 1.807) is 26.3 Å². The summed E-state index contributed by atoms with van der Waals surface area (Å²) >= 11 is 0. The van der Waals surface area contributed by atoms with E-state index < -0.39 is 5.82 Å². The lowest BCUT2D eigenvalue weighted by Crippen LogP contribution is -2.38. The van der Waals surface area contributed by atoms with Crippen LogP contribution >= 0.6 is 24.0 Å². The first-order chi connectivity index (χ1) is 12.5. The van der Waals surface area contributed by atoms with Gasteiger partial charge in [0.1, 0.15) is 11.6 Å². The number of benzene rings is 2. The van der Waals surface area contributed by atoms with Crippen LogP contribution in [0.4, 0.5) is 4.39 Å². The van der Waals surface area contributed by atoms with E-state index in [1.807, 2.05) is 26.0 Å². The summed E-state index contributed by atoms with van der Waals surface area (Å²) in [6, 6.07) is 10.7. The van der Waals surface area contributed by atoms with Crippen molar-refractivity contribution in [3.63, 3.8) is 0 Å². The van der Waals surface area contributed by atoms with Crippen molar-refractivity contribution in [3.8, 4) is 5.75 Å². The molecule has 0 bridgehead atoms. The second-order valence-corrected chi connectivity index (χ2v) is 6.12. The number of hydrogen-bond donors (Lipinski definition) is 3. The number of aliphatic hydroxyl groups is 1. The third-order valence-corrected chi connectivity index (χ3v) is 4.17. The maximum Gasteiger partial charge on any atom is 0.191 e. The van der Waals surface area contributed by atoms with Crippen molar-refractivity contribution in [2.24, 2.45) is 4.99 Å². The number of nitrogens with one attached hydrogen (secondary N) is 2. The number of halogens is 2. The lowest BCUT2D eigenvalue weighted by Gasteiger charge is -2.21. The zero-order chi connectivity index (χ0) is 19.1. The van der Waals surface area contributed by atoms with Gasteiger partial charge in [-0.15, -0.1) is 24.0 Å². The van der Waals surface area contributed by atoms with E-state index in [2.05, 4.69) is 21.7 Å². The molecule has 0 aromatic heterocycles. The number of aryl methyl sites for hydroxylation is 1. The largest absolute Gasteiger partial charge is 0.496 e. The van der Waals surface area contributed by atoms with Gasteiger partial charge in [0.25, 0.3) is 0 Å². The summed E-state index contributed by atoms with van der Waals surface area (Å²) in [6.45, 7) is 4.21. The molecule has 0 aliphatic heterocycles. The van der Waals surface area contributed by atoms with Crippen LogP contribution in [0.3, 0.4) is 0 Å². The van der Waals surface area contributed by atoms with Gasteiger partial charge in [-0.3, -0.25) is 4.99 Å². The summed E-state index contributed by atoms with van der Waals surface area (Å²) in [5.41, 5.74) is 3.34. The summed E-state index contributed by atoms with van der Waals surface area (Å²) < 4.78 is 18.9. The predicted molar refractivity (Wildman–Crippen MR) is 117 cm³/mol. The fourth-order valence-electron chi connectivity index (χ4n) is 2.71. The number of aliphatic hydroxyl groups excluding tert-OH is 1. The van der Waals surface area contributed by atoms with E-state index in [9.17, 15) is 9.50 Å². The van der Waals surface area contributed by atoms with Crippen LogP contribution in [0.2, 0.25) is 0 Å². The summed E-state index contributed by atoms with van der Waals surface area (Å²) in [6.07, 6.45) is 0. The number of guanidine groups is 1. The Balaban J connectivity index is 0.00000364. The number of ether oxygens (including phenoxy) is 1. The van der Waals surface area contributed by atoms with Crippen molar-refractivity contribution in [1.29, 1.82) is 0 Å². The Morgan fingerprint density at radius 2 is 2.00 bits per heavy atom. The van der Waals surface area contributed by atoms with Gasteiger partial charge in [0, 0.05) is 24.7 Å². The Kier molecular flexibility index (Phi) is 9.51. The molecule has 0 fully saturated rings. The third kappa shape index (κ3) is 6.35. The number of rotatable bonds is 6. The van der Waals surface area contributed by atoms with Crippen LogP contribution in [0.25, 0.3) is 0 Å².